The Morgan fingerprint density at radius 3 is 2.50 bits per heavy atom. The summed E-state index contributed by atoms with van der Waals surface area (Å²) >= 11 is 0. The summed E-state index contributed by atoms with van der Waals surface area (Å²) in [5, 5.41) is 19.3. The van der Waals surface area contributed by atoms with Gasteiger partial charge in [-0.05, 0) is 17.4 Å². The van der Waals surface area contributed by atoms with Crippen molar-refractivity contribution in [2.75, 3.05) is 7.11 Å². The van der Waals surface area contributed by atoms with Crippen LogP contribution >= 0.6 is 0 Å². The summed E-state index contributed by atoms with van der Waals surface area (Å²) in [6.07, 6.45) is 1.56. The smallest absolute Gasteiger partial charge is 0.192 e. The predicted molar refractivity (Wildman–Crippen MR) is 46.5 cm³/mol. The predicted octanol–water partition coefficient (Wildman–Crippen LogP) is 0.0624. The molecule has 0 aromatic rings. The van der Waals surface area contributed by atoms with Gasteiger partial charge in [0.05, 0.1) is 7.11 Å². The highest BCUT2D eigenvalue weighted by Crippen LogP contribution is 2.58. The summed E-state index contributed by atoms with van der Waals surface area (Å²) in [6.45, 7) is 3.67. The number of allylic oxidation sites excluding steroid dienone is 2. The molecule has 0 aliphatic heterocycles. The SMILES string of the molecule is COC(C#N)=CC1C(C(=O)[O-])C1(C)C. The molecule has 0 aromatic heterocycles. The molecule has 0 heterocycles. The highest BCUT2D eigenvalue weighted by Gasteiger charge is 2.57. The quantitative estimate of drug-likeness (QED) is 0.470. The number of hydrogen-bond donors (Lipinski definition) is 0. The minimum Gasteiger partial charge on any atom is -0.550 e. The number of carbonyl (C=O) groups is 1. The van der Waals surface area contributed by atoms with E-state index in [9.17, 15) is 9.90 Å². The van der Waals surface area contributed by atoms with E-state index in [1.165, 1.54) is 7.11 Å². The Morgan fingerprint density at radius 1 is 1.64 bits per heavy atom. The van der Waals surface area contributed by atoms with Gasteiger partial charge < -0.3 is 14.6 Å². The van der Waals surface area contributed by atoms with E-state index in [0.29, 0.717) is 0 Å². The van der Waals surface area contributed by atoms with E-state index in [2.05, 4.69) is 0 Å². The Hall–Kier alpha value is -1.50. The zero-order valence-electron chi connectivity index (χ0n) is 8.40. The molecule has 4 nitrogen and oxygen atoms in total. The fourth-order valence-electron chi connectivity index (χ4n) is 1.75. The van der Waals surface area contributed by atoms with Gasteiger partial charge in [0.25, 0.3) is 0 Å². The van der Waals surface area contributed by atoms with Gasteiger partial charge in [-0.2, -0.15) is 5.26 Å². The fourth-order valence-corrected chi connectivity index (χ4v) is 1.75. The van der Waals surface area contributed by atoms with Crippen LogP contribution in [0.15, 0.2) is 11.8 Å². The maximum absolute atomic E-state index is 10.7. The van der Waals surface area contributed by atoms with E-state index in [0.717, 1.165) is 0 Å². The molecule has 2 unspecified atom stereocenters. The number of ether oxygens (including phenoxy) is 1. The van der Waals surface area contributed by atoms with Crippen molar-refractivity contribution >= 4 is 5.97 Å². The van der Waals surface area contributed by atoms with Crippen LogP contribution in [0.4, 0.5) is 0 Å². The lowest BCUT2D eigenvalue weighted by Crippen LogP contribution is -2.26. The number of aliphatic carboxylic acids is 1. The molecule has 0 saturated heterocycles. The average molecular weight is 194 g/mol. The van der Waals surface area contributed by atoms with Crippen molar-refractivity contribution in [3.8, 4) is 6.07 Å². The second-order valence-electron chi connectivity index (χ2n) is 3.99. The zero-order valence-corrected chi connectivity index (χ0v) is 8.40. The third kappa shape index (κ3) is 1.58. The lowest BCUT2D eigenvalue weighted by molar-refractivity contribution is -0.308. The summed E-state index contributed by atoms with van der Waals surface area (Å²) in [7, 11) is 1.39. The topological polar surface area (TPSA) is 73.1 Å². The van der Waals surface area contributed by atoms with E-state index in [1.54, 1.807) is 6.08 Å². The van der Waals surface area contributed by atoms with Crippen molar-refractivity contribution in [3.05, 3.63) is 11.8 Å². The third-order valence-corrected chi connectivity index (χ3v) is 2.83. The maximum Gasteiger partial charge on any atom is 0.192 e. The molecule has 4 heteroatoms. The molecular weight excluding hydrogens is 182 g/mol. The van der Waals surface area contributed by atoms with Crippen molar-refractivity contribution in [2.24, 2.45) is 17.3 Å². The molecule has 0 spiro atoms. The standard InChI is InChI=1S/C10H13NO3/c1-10(2)7(8(10)9(12)13)4-6(5-11)14-3/h4,7-8H,1-3H3,(H,12,13)/p-1. The normalized spacial score (nSPS) is 29.1. The molecule has 2 atom stereocenters. The number of hydrogen-bond acceptors (Lipinski definition) is 4. The number of carboxylic acid groups (broad SMARTS) is 1. The molecule has 0 N–H and O–H groups in total. The van der Waals surface area contributed by atoms with E-state index >= 15 is 0 Å². The highest BCUT2D eigenvalue weighted by atomic mass is 16.5. The van der Waals surface area contributed by atoms with Crippen LogP contribution in [0, 0.1) is 28.6 Å². The molecular formula is C10H12NO3-. The molecule has 1 saturated carbocycles. The monoisotopic (exact) mass is 194 g/mol. The Morgan fingerprint density at radius 2 is 2.21 bits per heavy atom. The molecule has 76 valence electrons. The summed E-state index contributed by atoms with van der Waals surface area (Å²) in [5.41, 5.74) is -0.334. The van der Waals surface area contributed by atoms with Gasteiger partial charge in [0, 0.05) is 11.9 Å². The maximum atomic E-state index is 10.7. The molecule has 1 rings (SSSR count). The fraction of sp³-hybridized carbons (Fsp3) is 0.600. The second-order valence-corrected chi connectivity index (χ2v) is 3.99. The molecule has 1 aliphatic carbocycles. The lowest BCUT2D eigenvalue weighted by Gasteiger charge is -2.01. The van der Waals surface area contributed by atoms with Crippen molar-refractivity contribution in [1.29, 1.82) is 5.26 Å². The average Bonchev–Trinajstić information content (AvgIpc) is 2.63. The van der Waals surface area contributed by atoms with Gasteiger partial charge in [-0.15, -0.1) is 0 Å². The first-order valence-electron chi connectivity index (χ1n) is 4.32. The van der Waals surface area contributed by atoms with Crippen LogP contribution in [-0.4, -0.2) is 13.1 Å². The molecule has 1 aliphatic rings. The first kappa shape index (κ1) is 10.6. The van der Waals surface area contributed by atoms with E-state index in [-0.39, 0.29) is 17.1 Å². The van der Waals surface area contributed by atoms with Crippen LogP contribution in [0.1, 0.15) is 13.8 Å². The largest absolute Gasteiger partial charge is 0.550 e. The van der Waals surface area contributed by atoms with Gasteiger partial charge in [0.1, 0.15) is 6.07 Å². The van der Waals surface area contributed by atoms with Crippen LogP contribution in [0.3, 0.4) is 0 Å². The zero-order chi connectivity index (χ0) is 10.9. The molecule has 14 heavy (non-hydrogen) atoms. The van der Waals surface area contributed by atoms with E-state index in [1.807, 2.05) is 19.9 Å². The molecule has 1 fully saturated rings. The highest BCUT2D eigenvalue weighted by molar-refractivity contribution is 5.74. The number of nitriles is 1. The summed E-state index contributed by atoms with van der Waals surface area (Å²) < 4.78 is 4.76. The van der Waals surface area contributed by atoms with Crippen LogP contribution in [0.2, 0.25) is 0 Å². The summed E-state index contributed by atoms with van der Waals surface area (Å²) in [4.78, 5) is 10.7. The third-order valence-electron chi connectivity index (χ3n) is 2.83. The van der Waals surface area contributed by atoms with Crippen molar-refractivity contribution in [3.63, 3.8) is 0 Å². The minimum absolute atomic E-state index is 0.159. The Bertz CT molecular complexity index is 325. The van der Waals surface area contributed by atoms with Gasteiger partial charge in [-0.3, -0.25) is 0 Å². The molecule has 0 amide bonds. The van der Waals surface area contributed by atoms with Crippen LogP contribution in [0.25, 0.3) is 0 Å². The Balaban J connectivity index is 2.80. The van der Waals surface area contributed by atoms with Crippen molar-refractivity contribution in [1.82, 2.24) is 0 Å². The van der Waals surface area contributed by atoms with Crippen LogP contribution in [0.5, 0.6) is 0 Å². The minimum atomic E-state index is -1.07. The number of carboxylic acids is 1. The lowest BCUT2D eigenvalue weighted by atomic mass is 10.1. The Kier molecular flexibility index (Phi) is 2.52. The Labute approximate surface area is 82.8 Å². The molecule has 0 radical (unpaired) electrons. The van der Waals surface area contributed by atoms with Crippen molar-refractivity contribution in [2.45, 2.75) is 13.8 Å². The number of nitrogens with zero attached hydrogens (tertiary/aromatic N) is 1. The summed E-state index contributed by atoms with van der Waals surface area (Å²) in [6, 6.07) is 1.85. The first-order chi connectivity index (χ1) is 6.45. The van der Waals surface area contributed by atoms with Crippen LogP contribution in [-0.2, 0) is 9.53 Å². The van der Waals surface area contributed by atoms with Crippen LogP contribution < -0.4 is 5.11 Å². The van der Waals surface area contributed by atoms with Gasteiger partial charge in [0.15, 0.2) is 5.76 Å². The van der Waals surface area contributed by atoms with Gasteiger partial charge in [-0.1, -0.05) is 13.8 Å². The second kappa shape index (κ2) is 3.33. The summed E-state index contributed by atoms with van der Waals surface area (Å²) in [5.74, 6) is -1.58. The van der Waals surface area contributed by atoms with Gasteiger partial charge >= 0.3 is 0 Å². The van der Waals surface area contributed by atoms with E-state index < -0.39 is 11.9 Å². The van der Waals surface area contributed by atoms with E-state index in [4.69, 9.17) is 10.00 Å². The number of carbonyl (C=O) groups excluding carboxylic acids is 1. The number of methoxy groups -OCH3 is 1. The van der Waals surface area contributed by atoms with Gasteiger partial charge in [0.2, 0.25) is 0 Å². The molecule has 0 aromatic carbocycles. The first-order valence-corrected chi connectivity index (χ1v) is 4.32. The van der Waals surface area contributed by atoms with Gasteiger partial charge in [-0.25, -0.2) is 0 Å². The van der Waals surface area contributed by atoms with Crippen molar-refractivity contribution < 1.29 is 14.6 Å². The number of rotatable bonds is 3. The molecule has 0 bridgehead atoms.